The topological polar surface area (TPSA) is 56.6 Å². The molecule has 1 fully saturated rings. The van der Waals surface area contributed by atoms with Crippen molar-refractivity contribution in [2.45, 2.75) is 23.9 Å². The van der Waals surface area contributed by atoms with Crippen molar-refractivity contribution in [3.63, 3.8) is 0 Å². The SMILES string of the molecule is COCCn1c(S[C@H](C)C(=O)N2CCOCC2)nc2cc(Cl)ccc21. The van der Waals surface area contributed by atoms with Crippen molar-refractivity contribution in [2.24, 2.45) is 0 Å². The number of halogens is 1. The highest BCUT2D eigenvalue weighted by molar-refractivity contribution is 8.00. The van der Waals surface area contributed by atoms with Gasteiger partial charge in [0.2, 0.25) is 5.91 Å². The van der Waals surface area contributed by atoms with Crippen LogP contribution in [0.15, 0.2) is 23.4 Å². The molecule has 8 heteroatoms. The molecule has 1 amide bonds. The van der Waals surface area contributed by atoms with Crippen LogP contribution in [0, 0.1) is 0 Å². The van der Waals surface area contributed by atoms with Gasteiger partial charge in [0.15, 0.2) is 5.16 Å². The summed E-state index contributed by atoms with van der Waals surface area (Å²) in [6.45, 7) is 5.69. The zero-order chi connectivity index (χ0) is 17.8. The van der Waals surface area contributed by atoms with Crippen LogP contribution in [-0.4, -0.2) is 65.6 Å². The van der Waals surface area contributed by atoms with Crippen LogP contribution in [0.2, 0.25) is 5.02 Å². The molecule has 1 aliphatic rings. The van der Waals surface area contributed by atoms with E-state index in [1.165, 1.54) is 11.8 Å². The minimum absolute atomic E-state index is 0.122. The van der Waals surface area contributed by atoms with Crippen LogP contribution >= 0.6 is 23.4 Å². The fourth-order valence-electron chi connectivity index (χ4n) is 2.82. The van der Waals surface area contributed by atoms with Gasteiger partial charge in [0.05, 0.1) is 36.1 Å². The van der Waals surface area contributed by atoms with Crippen LogP contribution in [-0.2, 0) is 20.8 Å². The Morgan fingerprint density at radius 1 is 1.44 bits per heavy atom. The normalized spacial score (nSPS) is 16.4. The highest BCUT2D eigenvalue weighted by Gasteiger charge is 2.25. The average molecular weight is 384 g/mol. The van der Waals surface area contributed by atoms with Crippen molar-refractivity contribution in [2.75, 3.05) is 40.0 Å². The van der Waals surface area contributed by atoms with E-state index in [-0.39, 0.29) is 11.2 Å². The van der Waals surface area contributed by atoms with Crippen LogP contribution in [0.1, 0.15) is 6.92 Å². The molecular weight excluding hydrogens is 362 g/mol. The van der Waals surface area contributed by atoms with Crippen LogP contribution in [0.25, 0.3) is 11.0 Å². The molecule has 0 spiro atoms. The number of ether oxygens (including phenoxy) is 2. The smallest absolute Gasteiger partial charge is 0.236 e. The van der Waals surface area contributed by atoms with E-state index in [1.807, 2.05) is 30.0 Å². The average Bonchev–Trinajstić information content (AvgIpc) is 2.95. The fourth-order valence-corrected chi connectivity index (χ4v) is 4.02. The number of thioether (sulfide) groups is 1. The quantitative estimate of drug-likeness (QED) is 0.718. The number of amides is 1. The second kappa shape index (κ2) is 8.40. The number of rotatable bonds is 6. The summed E-state index contributed by atoms with van der Waals surface area (Å²) in [6.07, 6.45) is 0. The molecule has 2 heterocycles. The first-order valence-corrected chi connectivity index (χ1v) is 9.54. The number of benzene rings is 1. The minimum atomic E-state index is -0.216. The predicted octanol–water partition coefficient (Wildman–Crippen LogP) is 2.68. The van der Waals surface area contributed by atoms with E-state index in [2.05, 4.69) is 9.55 Å². The molecule has 3 rings (SSSR count). The number of carbonyl (C=O) groups excluding carboxylic acids is 1. The number of nitrogens with zero attached hydrogens (tertiary/aromatic N) is 3. The first-order valence-electron chi connectivity index (χ1n) is 8.28. The van der Waals surface area contributed by atoms with Gasteiger partial charge >= 0.3 is 0 Å². The molecule has 25 heavy (non-hydrogen) atoms. The number of methoxy groups -OCH3 is 1. The Bertz CT molecular complexity index is 746. The predicted molar refractivity (Wildman–Crippen MR) is 99.3 cm³/mol. The molecule has 0 radical (unpaired) electrons. The zero-order valence-corrected chi connectivity index (χ0v) is 16.0. The van der Waals surface area contributed by atoms with Gasteiger partial charge in [-0.15, -0.1) is 0 Å². The molecule has 6 nitrogen and oxygen atoms in total. The van der Waals surface area contributed by atoms with Gasteiger partial charge in [0.25, 0.3) is 0 Å². The van der Waals surface area contributed by atoms with Crippen LogP contribution in [0.3, 0.4) is 0 Å². The third-order valence-corrected chi connectivity index (χ3v) is 5.46. The summed E-state index contributed by atoms with van der Waals surface area (Å²) in [5.74, 6) is 0.122. The lowest BCUT2D eigenvalue weighted by Crippen LogP contribution is -2.44. The zero-order valence-electron chi connectivity index (χ0n) is 14.4. The van der Waals surface area contributed by atoms with Crippen molar-refractivity contribution in [3.8, 4) is 0 Å². The molecule has 0 unspecified atom stereocenters. The molecule has 136 valence electrons. The number of carbonyl (C=O) groups is 1. The molecule has 2 aromatic rings. The summed E-state index contributed by atoms with van der Waals surface area (Å²) in [5.41, 5.74) is 1.83. The Kier molecular flexibility index (Phi) is 6.22. The van der Waals surface area contributed by atoms with E-state index in [9.17, 15) is 4.79 Å². The molecule has 1 aromatic carbocycles. The van der Waals surface area contributed by atoms with Crippen molar-refractivity contribution in [1.29, 1.82) is 0 Å². The molecule has 0 aliphatic carbocycles. The number of aromatic nitrogens is 2. The largest absolute Gasteiger partial charge is 0.383 e. The second-order valence-electron chi connectivity index (χ2n) is 5.87. The fraction of sp³-hybridized carbons (Fsp3) is 0.529. The number of hydrogen-bond donors (Lipinski definition) is 0. The second-order valence-corrected chi connectivity index (χ2v) is 7.61. The van der Waals surface area contributed by atoms with Gasteiger partial charge in [0.1, 0.15) is 0 Å². The third kappa shape index (κ3) is 4.28. The molecule has 1 aliphatic heterocycles. The Morgan fingerprint density at radius 2 is 2.20 bits per heavy atom. The Labute approximate surface area is 156 Å². The van der Waals surface area contributed by atoms with Gasteiger partial charge in [-0.25, -0.2) is 4.98 Å². The van der Waals surface area contributed by atoms with Gasteiger partial charge in [-0.1, -0.05) is 23.4 Å². The maximum atomic E-state index is 12.7. The molecule has 1 saturated heterocycles. The van der Waals surface area contributed by atoms with Gasteiger partial charge in [-0.2, -0.15) is 0 Å². The lowest BCUT2D eigenvalue weighted by Gasteiger charge is -2.29. The van der Waals surface area contributed by atoms with Crippen molar-refractivity contribution >= 4 is 40.3 Å². The van der Waals surface area contributed by atoms with Gasteiger partial charge in [-0.05, 0) is 25.1 Å². The molecule has 0 saturated carbocycles. The lowest BCUT2D eigenvalue weighted by atomic mass is 10.3. The summed E-state index contributed by atoms with van der Waals surface area (Å²) < 4.78 is 12.6. The highest BCUT2D eigenvalue weighted by Crippen LogP contribution is 2.29. The molecule has 1 atom stereocenters. The van der Waals surface area contributed by atoms with E-state index >= 15 is 0 Å². The minimum Gasteiger partial charge on any atom is -0.383 e. The number of fused-ring (bicyclic) bond motifs is 1. The third-order valence-electron chi connectivity index (χ3n) is 4.15. The number of hydrogen-bond acceptors (Lipinski definition) is 5. The first-order chi connectivity index (χ1) is 12.1. The van der Waals surface area contributed by atoms with Crippen molar-refractivity contribution < 1.29 is 14.3 Å². The molecule has 0 bridgehead atoms. The van der Waals surface area contributed by atoms with Crippen LogP contribution in [0.5, 0.6) is 0 Å². The van der Waals surface area contributed by atoms with Crippen LogP contribution < -0.4 is 0 Å². The molecule has 1 aromatic heterocycles. The first kappa shape index (κ1) is 18.5. The van der Waals surface area contributed by atoms with E-state index in [0.29, 0.717) is 44.5 Å². The van der Waals surface area contributed by atoms with Gasteiger partial charge in [-0.3, -0.25) is 4.79 Å². The summed E-state index contributed by atoms with van der Waals surface area (Å²) in [5, 5.41) is 1.24. The van der Waals surface area contributed by atoms with E-state index in [0.717, 1.165) is 16.2 Å². The number of morpholine rings is 1. The highest BCUT2D eigenvalue weighted by atomic mass is 35.5. The van der Waals surface area contributed by atoms with E-state index in [1.54, 1.807) is 7.11 Å². The summed E-state index contributed by atoms with van der Waals surface area (Å²) in [6, 6.07) is 5.66. The van der Waals surface area contributed by atoms with Gasteiger partial charge < -0.3 is 18.9 Å². The lowest BCUT2D eigenvalue weighted by molar-refractivity contribution is -0.134. The Balaban J connectivity index is 1.82. The standard InChI is InChI=1S/C17H22ClN3O3S/c1-12(16(22)20-5-9-24-10-6-20)25-17-19-14-11-13(18)3-4-15(14)21(17)7-8-23-2/h3-4,11-12H,5-10H2,1-2H3/t12-/m1/s1. The Morgan fingerprint density at radius 3 is 2.92 bits per heavy atom. The van der Waals surface area contributed by atoms with E-state index < -0.39 is 0 Å². The van der Waals surface area contributed by atoms with Crippen molar-refractivity contribution in [1.82, 2.24) is 14.5 Å². The van der Waals surface area contributed by atoms with Crippen molar-refractivity contribution in [3.05, 3.63) is 23.2 Å². The summed E-state index contributed by atoms with van der Waals surface area (Å²) in [7, 11) is 1.67. The summed E-state index contributed by atoms with van der Waals surface area (Å²) >= 11 is 7.56. The number of imidazole rings is 1. The van der Waals surface area contributed by atoms with E-state index in [4.69, 9.17) is 21.1 Å². The van der Waals surface area contributed by atoms with Gasteiger partial charge in [0, 0.05) is 31.8 Å². The summed E-state index contributed by atoms with van der Waals surface area (Å²) in [4.78, 5) is 19.2. The molecular formula is C17H22ClN3O3S. The monoisotopic (exact) mass is 383 g/mol. The maximum Gasteiger partial charge on any atom is 0.236 e. The Hall–Kier alpha value is -1.28. The van der Waals surface area contributed by atoms with Crippen LogP contribution in [0.4, 0.5) is 0 Å². The molecule has 0 N–H and O–H groups in total. The maximum absolute atomic E-state index is 12.7.